The number of anilines is 2. The molecule has 15 heavy (non-hydrogen) atoms. The van der Waals surface area contributed by atoms with E-state index in [4.69, 9.17) is 5.73 Å². The molecule has 1 rings (SSSR count). The van der Waals surface area contributed by atoms with E-state index in [-0.39, 0.29) is 5.41 Å². The summed E-state index contributed by atoms with van der Waals surface area (Å²) in [4.78, 5) is 6.20. The fraction of sp³-hybridized carbons (Fsp3) is 0.583. The minimum Gasteiger partial charge on any atom is -0.396 e. The zero-order chi connectivity index (χ0) is 11.6. The number of hydrogen-bond acceptors (Lipinski definition) is 3. The van der Waals surface area contributed by atoms with Gasteiger partial charge in [0.1, 0.15) is 0 Å². The van der Waals surface area contributed by atoms with Gasteiger partial charge in [0.25, 0.3) is 0 Å². The first-order valence-electron chi connectivity index (χ1n) is 5.26. The highest BCUT2D eigenvalue weighted by atomic mass is 15.1. The van der Waals surface area contributed by atoms with Crippen LogP contribution < -0.4 is 10.6 Å². The third kappa shape index (κ3) is 2.61. The van der Waals surface area contributed by atoms with Crippen LogP contribution in [0.3, 0.4) is 0 Å². The second kappa shape index (κ2) is 4.09. The fourth-order valence-corrected chi connectivity index (χ4v) is 1.51. The average Bonchev–Trinajstić information content (AvgIpc) is 2.15. The number of hydrogen-bond donors (Lipinski definition) is 1. The average molecular weight is 207 g/mol. The Morgan fingerprint density at radius 3 is 2.47 bits per heavy atom. The van der Waals surface area contributed by atoms with Gasteiger partial charge >= 0.3 is 0 Å². The zero-order valence-electron chi connectivity index (χ0n) is 10.3. The van der Waals surface area contributed by atoms with Gasteiger partial charge in [-0.05, 0) is 18.4 Å². The van der Waals surface area contributed by atoms with Crippen LogP contribution in [0.5, 0.6) is 0 Å². The van der Waals surface area contributed by atoms with Gasteiger partial charge in [-0.1, -0.05) is 20.8 Å². The topological polar surface area (TPSA) is 42.2 Å². The Bertz CT molecular complexity index is 328. The van der Waals surface area contributed by atoms with E-state index in [1.165, 1.54) is 0 Å². The third-order valence-electron chi connectivity index (χ3n) is 3.04. The predicted molar refractivity (Wildman–Crippen MR) is 66.0 cm³/mol. The van der Waals surface area contributed by atoms with Gasteiger partial charge in [0.05, 0.1) is 17.6 Å². The molecule has 1 heterocycles. The molecule has 0 aliphatic heterocycles. The SMILES string of the molecule is CC(N(C)c1ccncc1N)C(C)(C)C. The Morgan fingerprint density at radius 1 is 1.40 bits per heavy atom. The first-order chi connectivity index (χ1) is 6.84. The molecule has 0 bridgehead atoms. The molecule has 0 fully saturated rings. The van der Waals surface area contributed by atoms with Gasteiger partial charge in [0, 0.05) is 19.3 Å². The summed E-state index contributed by atoms with van der Waals surface area (Å²) in [5.74, 6) is 0. The molecule has 2 N–H and O–H groups in total. The van der Waals surface area contributed by atoms with Gasteiger partial charge in [-0.2, -0.15) is 0 Å². The molecule has 1 aromatic heterocycles. The lowest BCUT2D eigenvalue weighted by molar-refractivity contribution is 0.330. The molecule has 0 radical (unpaired) electrons. The van der Waals surface area contributed by atoms with Crippen molar-refractivity contribution < 1.29 is 0 Å². The molecule has 0 spiro atoms. The quantitative estimate of drug-likeness (QED) is 0.810. The van der Waals surface area contributed by atoms with Crippen molar-refractivity contribution >= 4 is 11.4 Å². The molecule has 3 nitrogen and oxygen atoms in total. The van der Waals surface area contributed by atoms with Crippen molar-refractivity contribution in [1.82, 2.24) is 4.98 Å². The summed E-state index contributed by atoms with van der Waals surface area (Å²) < 4.78 is 0. The van der Waals surface area contributed by atoms with Crippen LogP contribution in [0.25, 0.3) is 0 Å². The lowest BCUT2D eigenvalue weighted by Gasteiger charge is -2.37. The van der Waals surface area contributed by atoms with Gasteiger partial charge in [-0.25, -0.2) is 0 Å². The Balaban J connectivity index is 2.95. The highest BCUT2D eigenvalue weighted by Crippen LogP contribution is 2.29. The molecule has 0 amide bonds. The predicted octanol–water partition coefficient (Wildman–Crippen LogP) is 2.53. The van der Waals surface area contributed by atoms with Crippen LogP contribution in [0.1, 0.15) is 27.7 Å². The number of aromatic nitrogens is 1. The summed E-state index contributed by atoms with van der Waals surface area (Å²) in [7, 11) is 2.07. The molecule has 84 valence electrons. The van der Waals surface area contributed by atoms with Gasteiger partial charge < -0.3 is 10.6 Å². The van der Waals surface area contributed by atoms with Crippen molar-refractivity contribution in [3.8, 4) is 0 Å². The van der Waals surface area contributed by atoms with Crippen LogP contribution in [0.4, 0.5) is 11.4 Å². The van der Waals surface area contributed by atoms with E-state index in [9.17, 15) is 0 Å². The third-order valence-corrected chi connectivity index (χ3v) is 3.04. The van der Waals surface area contributed by atoms with Crippen molar-refractivity contribution in [2.75, 3.05) is 17.7 Å². The number of rotatable bonds is 2. The van der Waals surface area contributed by atoms with Crippen LogP contribution in [0, 0.1) is 5.41 Å². The molecule has 0 aliphatic carbocycles. The van der Waals surface area contributed by atoms with E-state index in [1.54, 1.807) is 12.4 Å². The van der Waals surface area contributed by atoms with E-state index in [1.807, 2.05) is 6.07 Å². The van der Waals surface area contributed by atoms with Gasteiger partial charge in [0.2, 0.25) is 0 Å². The van der Waals surface area contributed by atoms with E-state index in [2.05, 4.69) is 44.6 Å². The number of nitrogen functional groups attached to an aromatic ring is 1. The van der Waals surface area contributed by atoms with Gasteiger partial charge in [0.15, 0.2) is 0 Å². The van der Waals surface area contributed by atoms with E-state index < -0.39 is 0 Å². The largest absolute Gasteiger partial charge is 0.396 e. The van der Waals surface area contributed by atoms with Gasteiger partial charge in [-0.3, -0.25) is 4.98 Å². The second-order valence-electron chi connectivity index (χ2n) is 5.09. The summed E-state index contributed by atoms with van der Waals surface area (Å²) in [6.45, 7) is 8.89. The highest BCUT2D eigenvalue weighted by molar-refractivity contribution is 5.66. The van der Waals surface area contributed by atoms with E-state index >= 15 is 0 Å². The Kier molecular flexibility index (Phi) is 3.22. The standard InChI is InChI=1S/C12H21N3/c1-9(12(2,3)4)15(5)11-6-7-14-8-10(11)13/h6-9H,13H2,1-5H3. The van der Waals surface area contributed by atoms with Crippen LogP contribution >= 0.6 is 0 Å². The maximum absolute atomic E-state index is 5.90. The zero-order valence-corrected chi connectivity index (χ0v) is 10.3. The lowest BCUT2D eigenvalue weighted by Crippen LogP contribution is -2.39. The van der Waals surface area contributed by atoms with Crippen LogP contribution in [0.2, 0.25) is 0 Å². The van der Waals surface area contributed by atoms with Crippen LogP contribution in [0.15, 0.2) is 18.5 Å². The normalized spacial score (nSPS) is 13.7. The minimum absolute atomic E-state index is 0.227. The molecule has 1 aromatic rings. The smallest absolute Gasteiger partial charge is 0.0738 e. The molecule has 0 saturated heterocycles. The van der Waals surface area contributed by atoms with Crippen molar-refractivity contribution in [2.45, 2.75) is 33.7 Å². The number of nitrogens with two attached hydrogens (primary N) is 1. The molecule has 0 aromatic carbocycles. The van der Waals surface area contributed by atoms with Crippen molar-refractivity contribution in [2.24, 2.45) is 5.41 Å². The fourth-order valence-electron chi connectivity index (χ4n) is 1.51. The van der Waals surface area contributed by atoms with Gasteiger partial charge in [-0.15, -0.1) is 0 Å². The Labute approximate surface area is 92.3 Å². The van der Waals surface area contributed by atoms with E-state index in [0.29, 0.717) is 6.04 Å². The minimum atomic E-state index is 0.227. The Hall–Kier alpha value is -1.25. The Morgan fingerprint density at radius 2 is 2.00 bits per heavy atom. The summed E-state index contributed by atoms with van der Waals surface area (Å²) in [6.07, 6.45) is 3.47. The number of pyridine rings is 1. The van der Waals surface area contributed by atoms with Crippen molar-refractivity contribution in [3.05, 3.63) is 18.5 Å². The summed E-state index contributed by atoms with van der Waals surface area (Å²) >= 11 is 0. The molecule has 3 heteroatoms. The molecular formula is C12H21N3. The van der Waals surface area contributed by atoms with Crippen LogP contribution in [-0.2, 0) is 0 Å². The highest BCUT2D eigenvalue weighted by Gasteiger charge is 2.24. The first kappa shape index (κ1) is 11.8. The van der Waals surface area contributed by atoms with Crippen LogP contribution in [-0.4, -0.2) is 18.1 Å². The summed E-state index contributed by atoms with van der Waals surface area (Å²) in [5, 5.41) is 0. The molecule has 0 saturated carbocycles. The molecule has 1 atom stereocenters. The molecule has 1 unspecified atom stereocenters. The molecule has 0 aliphatic rings. The monoisotopic (exact) mass is 207 g/mol. The van der Waals surface area contributed by atoms with Crippen molar-refractivity contribution in [3.63, 3.8) is 0 Å². The van der Waals surface area contributed by atoms with Crippen molar-refractivity contribution in [1.29, 1.82) is 0 Å². The molecular weight excluding hydrogens is 186 g/mol. The summed E-state index contributed by atoms with van der Waals surface area (Å²) in [5.41, 5.74) is 7.91. The maximum Gasteiger partial charge on any atom is 0.0738 e. The first-order valence-corrected chi connectivity index (χ1v) is 5.26. The lowest BCUT2D eigenvalue weighted by atomic mass is 9.87. The maximum atomic E-state index is 5.90. The summed E-state index contributed by atoms with van der Waals surface area (Å²) in [6, 6.07) is 2.37. The second-order valence-corrected chi connectivity index (χ2v) is 5.09. The number of nitrogens with zero attached hydrogens (tertiary/aromatic N) is 2. The van der Waals surface area contributed by atoms with E-state index in [0.717, 1.165) is 11.4 Å².